The Morgan fingerprint density at radius 1 is 1.13 bits per heavy atom. The number of hydrogen-bond acceptors (Lipinski definition) is 4. The van der Waals surface area contributed by atoms with E-state index in [2.05, 4.69) is 5.32 Å². The van der Waals surface area contributed by atoms with Gasteiger partial charge >= 0.3 is 0 Å². The van der Waals surface area contributed by atoms with Gasteiger partial charge in [0.1, 0.15) is 11.5 Å². The van der Waals surface area contributed by atoms with Gasteiger partial charge in [-0.25, -0.2) is 0 Å². The molecule has 5 nitrogen and oxygen atoms in total. The molecule has 0 radical (unpaired) electrons. The minimum atomic E-state index is -0.651. The first kappa shape index (κ1) is 16.7. The van der Waals surface area contributed by atoms with Crippen molar-refractivity contribution in [3.63, 3.8) is 0 Å². The summed E-state index contributed by atoms with van der Waals surface area (Å²) in [6.07, 6.45) is -0.651. The number of ether oxygens (including phenoxy) is 2. The van der Waals surface area contributed by atoms with E-state index in [1.54, 1.807) is 25.1 Å². The molecule has 1 atom stereocenters. The third-order valence-corrected chi connectivity index (χ3v) is 3.50. The Labute approximate surface area is 136 Å². The van der Waals surface area contributed by atoms with Crippen molar-refractivity contribution in [3.05, 3.63) is 47.5 Å². The van der Waals surface area contributed by atoms with Crippen LogP contribution in [0.5, 0.6) is 11.5 Å². The summed E-state index contributed by atoms with van der Waals surface area (Å²) >= 11 is 0. The number of hydrogen-bond donors (Lipinski definition) is 2. The lowest BCUT2D eigenvalue weighted by molar-refractivity contribution is -0.122. The maximum Gasteiger partial charge on any atom is 0.265 e. The molecule has 122 valence electrons. The highest BCUT2D eigenvalue weighted by Crippen LogP contribution is 2.27. The van der Waals surface area contributed by atoms with E-state index < -0.39 is 6.10 Å². The van der Waals surface area contributed by atoms with Gasteiger partial charge in [-0.05, 0) is 56.2 Å². The zero-order valence-corrected chi connectivity index (χ0v) is 13.8. The van der Waals surface area contributed by atoms with Crippen molar-refractivity contribution >= 4 is 17.3 Å². The van der Waals surface area contributed by atoms with Gasteiger partial charge in [0.05, 0.1) is 12.8 Å². The van der Waals surface area contributed by atoms with Gasteiger partial charge in [-0.1, -0.05) is 12.1 Å². The summed E-state index contributed by atoms with van der Waals surface area (Å²) in [5, 5.41) is 2.79. The summed E-state index contributed by atoms with van der Waals surface area (Å²) in [7, 11) is 1.54. The van der Waals surface area contributed by atoms with E-state index in [4.69, 9.17) is 15.2 Å². The number of aryl methyl sites for hydroxylation is 2. The number of methoxy groups -OCH3 is 1. The number of benzene rings is 2. The first-order valence-electron chi connectivity index (χ1n) is 7.39. The highest BCUT2D eigenvalue weighted by molar-refractivity contribution is 5.96. The van der Waals surface area contributed by atoms with Crippen molar-refractivity contribution in [1.82, 2.24) is 0 Å². The molecule has 0 aliphatic carbocycles. The quantitative estimate of drug-likeness (QED) is 0.831. The normalized spacial score (nSPS) is 11.7. The molecular weight excluding hydrogens is 292 g/mol. The summed E-state index contributed by atoms with van der Waals surface area (Å²) in [4.78, 5) is 12.4. The van der Waals surface area contributed by atoms with Crippen LogP contribution in [0.4, 0.5) is 11.4 Å². The summed E-state index contributed by atoms with van der Waals surface area (Å²) in [5.41, 5.74) is 8.89. The van der Waals surface area contributed by atoms with Gasteiger partial charge in [0.25, 0.3) is 5.91 Å². The average molecular weight is 314 g/mol. The molecule has 0 aliphatic rings. The molecule has 2 aromatic carbocycles. The number of nitrogen functional groups attached to an aromatic ring is 1. The van der Waals surface area contributed by atoms with E-state index in [0.29, 0.717) is 22.9 Å². The Balaban J connectivity index is 2.11. The monoisotopic (exact) mass is 314 g/mol. The summed E-state index contributed by atoms with van der Waals surface area (Å²) in [6.45, 7) is 5.63. The Morgan fingerprint density at radius 3 is 2.57 bits per heavy atom. The Bertz CT molecular complexity index is 713. The molecule has 2 rings (SSSR count). The number of nitrogens with one attached hydrogen (secondary N) is 1. The van der Waals surface area contributed by atoms with Crippen LogP contribution >= 0.6 is 0 Å². The fourth-order valence-electron chi connectivity index (χ4n) is 2.14. The maximum absolute atomic E-state index is 12.4. The van der Waals surface area contributed by atoms with Crippen LogP contribution in [0.15, 0.2) is 36.4 Å². The lowest BCUT2D eigenvalue weighted by Crippen LogP contribution is -2.30. The van der Waals surface area contributed by atoms with Crippen molar-refractivity contribution in [2.24, 2.45) is 0 Å². The summed E-state index contributed by atoms with van der Waals surface area (Å²) < 4.78 is 11.0. The molecule has 2 aromatic rings. The van der Waals surface area contributed by atoms with E-state index in [1.807, 2.05) is 32.0 Å². The summed E-state index contributed by atoms with van der Waals surface area (Å²) in [6, 6.07) is 11.0. The lowest BCUT2D eigenvalue weighted by Gasteiger charge is -2.18. The van der Waals surface area contributed by atoms with E-state index in [1.165, 1.54) is 7.11 Å². The van der Waals surface area contributed by atoms with Crippen LogP contribution in [-0.4, -0.2) is 19.1 Å². The number of anilines is 2. The molecule has 5 heteroatoms. The van der Waals surface area contributed by atoms with Crippen molar-refractivity contribution in [1.29, 1.82) is 0 Å². The van der Waals surface area contributed by atoms with Gasteiger partial charge in [0.15, 0.2) is 6.10 Å². The minimum absolute atomic E-state index is 0.269. The van der Waals surface area contributed by atoms with Crippen LogP contribution in [-0.2, 0) is 4.79 Å². The highest BCUT2D eigenvalue weighted by Gasteiger charge is 2.17. The first-order valence-corrected chi connectivity index (χ1v) is 7.39. The lowest BCUT2D eigenvalue weighted by atomic mass is 10.1. The number of nitrogens with two attached hydrogens (primary N) is 1. The third-order valence-electron chi connectivity index (χ3n) is 3.50. The van der Waals surface area contributed by atoms with E-state index >= 15 is 0 Å². The Morgan fingerprint density at radius 2 is 1.87 bits per heavy atom. The summed E-state index contributed by atoms with van der Waals surface area (Å²) in [5.74, 6) is 0.980. The number of rotatable bonds is 5. The van der Waals surface area contributed by atoms with Gasteiger partial charge in [-0.3, -0.25) is 4.79 Å². The average Bonchev–Trinajstić information content (AvgIpc) is 2.51. The van der Waals surface area contributed by atoms with Gasteiger partial charge in [-0.2, -0.15) is 0 Å². The molecule has 0 aromatic heterocycles. The second-order valence-electron chi connectivity index (χ2n) is 5.48. The highest BCUT2D eigenvalue weighted by atomic mass is 16.5. The van der Waals surface area contributed by atoms with Gasteiger partial charge < -0.3 is 20.5 Å². The standard InChI is InChI=1S/C18H22N2O3/c1-11-5-6-12(2)17(9-11)23-13(3)18(21)20-15-10-14(19)7-8-16(15)22-4/h5-10,13H,19H2,1-4H3,(H,20,21). The molecule has 0 heterocycles. The van der Waals surface area contributed by atoms with Crippen molar-refractivity contribution in [3.8, 4) is 11.5 Å². The van der Waals surface area contributed by atoms with Crippen LogP contribution in [0, 0.1) is 13.8 Å². The fraction of sp³-hybridized carbons (Fsp3) is 0.278. The third kappa shape index (κ3) is 4.16. The van der Waals surface area contributed by atoms with E-state index in [0.717, 1.165) is 11.1 Å². The van der Waals surface area contributed by atoms with Gasteiger partial charge in [0.2, 0.25) is 0 Å². The topological polar surface area (TPSA) is 73.6 Å². The molecule has 23 heavy (non-hydrogen) atoms. The minimum Gasteiger partial charge on any atom is -0.495 e. The van der Waals surface area contributed by atoms with Crippen LogP contribution < -0.4 is 20.5 Å². The molecule has 1 amide bonds. The molecular formula is C18H22N2O3. The number of carbonyl (C=O) groups excluding carboxylic acids is 1. The zero-order valence-electron chi connectivity index (χ0n) is 13.8. The van der Waals surface area contributed by atoms with E-state index in [-0.39, 0.29) is 5.91 Å². The smallest absolute Gasteiger partial charge is 0.265 e. The Hall–Kier alpha value is -2.69. The molecule has 3 N–H and O–H groups in total. The number of carbonyl (C=O) groups is 1. The first-order chi connectivity index (χ1) is 10.9. The largest absolute Gasteiger partial charge is 0.495 e. The molecule has 0 bridgehead atoms. The Kier molecular flexibility index (Phi) is 5.11. The van der Waals surface area contributed by atoms with Gasteiger partial charge in [0, 0.05) is 5.69 Å². The van der Waals surface area contributed by atoms with Crippen molar-refractivity contribution in [2.45, 2.75) is 26.9 Å². The molecule has 0 saturated carbocycles. The molecule has 1 unspecified atom stereocenters. The maximum atomic E-state index is 12.4. The van der Waals surface area contributed by atoms with Crippen molar-refractivity contribution in [2.75, 3.05) is 18.2 Å². The van der Waals surface area contributed by atoms with Crippen LogP contribution in [0.1, 0.15) is 18.1 Å². The molecule has 0 aliphatic heterocycles. The van der Waals surface area contributed by atoms with Crippen LogP contribution in [0.25, 0.3) is 0 Å². The molecule has 0 fully saturated rings. The molecule has 0 spiro atoms. The SMILES string of the molecule is COc1ccc(N)cc1NC(=O)C(C)Oc1cc(C)ccc1C. The predicted octanol–water partition coefficient (Wildman–Crippen LogP) is 3.30. The van der Waals surface area contributed by atoms with Crippen molar-refractivity contribution < 1.29 is 14.3 Å². The fourth-order valence-corrected chi connectivity index (χ4v) is 2.14. The van der Waals surface area contributed by atoms with Crippen LogP contribution in [0.2, 0.25) is 0 Å². The zero-order chi connectivity index (χ0) is 17.0. The van der Waals surface area contributed by atoms with E-state index in [9.17, 15) is 4.79 Å². The van der Waals surface area contributed by atoms with Gasteiger partial charge in [-0.15, -0.1) is 0 Å². The molecule has 0 saturated heterocycles. The second kappa shape index (κ2) is 7.05. The number of amides is 1. The predicted molar refractivity (Wildman–Crippen MR) is 92.0 cm³/mol. The second-order valence-corrected chi connectivity index (χ2v) is 5.48. The van der Waals surface area contributed by atoms with Crippen LogP contribution in [0.3, 0.4) is 0 Å².